The number of hydrogen-bond donors (Lipinski definition) is 0. The van der Waals surface area contributed by atoms with Gasteiger partial charge in [-0.2, -0.15) is 13.2 Å². The first-order chi connectivity index (χ1) is 13.3. The van der Waals surface area contributed by atoms with E-state index in [0.717, 1.165) is 35.6 Å². The van der Waals surface area contributed by atoms with Gasteiger partial charge < -0.3 is 9.47 Å². The van der Waals surface area contributed by atoms with Gasteiger partial charge >= 0.3 is 6.18 Å². The number of hydrogen-bond acceptors (Lipinski definition) is 4. The lowest BCUT2D eigenvalue weighted by molar-refractivity contribution is -0.147. The van der Waals surface area contributed by atoms with Gasteiger partial charge in [-0.15, -0.1) is 10.2 Å². The van der Waals surface area contributed by atoms with Gasteiger partial charge in [-0.05, 0) is 37.7 Å². The largest absolute Gasteiger partial charge is 0.451 e. The summed E-state index contributed by atoms with van der Waals surface area (Å²) >= 11 is 1.01. The predicted molar refractivity (Wildman–Crippen MR) is 101 cm³/mol. The van der Waals surface area contributed by atoms with Crippen LogP contribution in [0.2, 0.25) is 0 Å². The molecule has 1 aromatic heterocycles. The third-order valence-electron chi connectivity index (χ3n) is 5.01. The van der Waals surface area contributed by atoms with Crippen molar-refractivity contribution in [2.75, 3.05) is 13.1 Å². The molecule has 0 bridgehead atoms. The van der Waals surface area contributed by atoms with Crippen LogP contribution in [0.15, 0.2) is 35.5 Å². The average molecular weight is 412 g/mol. The van der Waals surface area contributed by atoms with Crippen LogP contribution < -0.4 is 0 Å². The number of rotatable bonds is 5. The molecule has 2 aromatic rings. The van der Waals surface area contributed by atoms with Crippen molar-refractivity contribution in [2.24, 2.45) is 13.0 Å². The second-order valence-corrected chi connectivity index (χ2v) is 8.39. The molecule has 1 saturated heterocycles. The maximum absolute atomic E-state index is 12.8. The summed E-state index contributed by atoms with van der Waals surface area (Å²) in [4.78, 5) is 14.5. The summed E-state index contributed by atoms with van der Waals surface area (Å²) in [6.07, 6.45) is -1.69. The van der Waals surface area contributed by atoms with Gasteiger partial charge in [-0.3, -0.25) is 4.79 Å². The Morgan fingerprint density at radius 2 is 1.86 bits per heavy atom. The second-order valence-electron chi connectivity index (χ2n) is 7.08. The van der Waals surface area contributed by atoms with Crippen molar-refractivity contribution in [2.45, 2.75) is 42.8 Å². The van der Waals surface area contributed by atoms with E-state index in [1.165, 1.54) is 12.6 Å². The summed E-state index contributed by atoms with van der Waals surface area (Å²) in [6, 6.07) is 10.3. The zero-order chi connectivity index (χ0) is 20.3. The molecule has 2 heterocycles. The summed E-state index contributed by atoms with van der Waals surface area (Å²) in [7, 11) is 1.26. The van der Waals surface area contributed by atoms with Crippen molar-refractivity contribution in [3.8, 4) is 0 Å². The third-order valence-corrected chi connectivity index (χ3v) is 6.13. The molecule has 9 heteroatoms. The minimum Gasteiger partial charge on any atom is -0.342 e. The number of aromatic nitrogens is 3. The Morgan fingerprint density at radius 1 is 1.21 bits per heavy atom. The molecule has 0 saturated carbocycles. The number of piperidine rings is 1. The molecule has 1 aliphatic rings. The second kappa shape index (κ2) is 8.55. The number of likely N-dealkylation sites (tertiary alicyclic amines) is 1. The van der Waals surface area contributed by atoms with Crippen molar-refractivity contribution >= 4 is 17.7 Å². The lowest BCUT2D eigenvalue weighted by Crippen LogP contribution is -2.42. The van der Waals surface area contributed by atoms with Gasteiger partial charge in [0.15, 0.2) is 5.16 Å². The van der Waals surface area contributed by atoms with Crippen molar-refractivity contribution in [3.05, 3.63) is 41.7 Å². The van der Waals surface area contributed by atoms with Crippen molar-refractivity contribution in [1.29, 1.82) is 0 Å². The molecule has 3 rings (SSSR count). The highest BCUT2D eigenvalue weighted by Gasteiger charge is 2.38. The van der Waals surface area contributed by atoms with Crippen molar-refractivity contribution < 1.29 is 18.0 Å². The lowest BCUT2D eigenvalue weighted by atomic mass is 9.90. The Hall–Kier alpha value is -2.03. The molecule has 152 valence electrons. The van der Waals surface area contributed by atoms with E-state index < -0.39 is 17.3 Å². The smallest absolute Gasteiger partial charge is 0.342 e. The van der Waals surface area contributed by atoms with Gasteiger partial charge in [0, 0.05) is 20.1 Å². The zero-order valence-corrected chi connectivity index (χ0v) is 16.6. The first-order valence-electron chi connectivity index (χ1n) is 9.21. The monoisotopic (exact) mass is 412 g/mol. The van der Waals surface area contributed by atoms with Gasteiger partial charge in [-0.25, -0.2) is 0 Å². The highest BCUT2D eigenvalue weighted by atomic mass is 32.2. The van der Waals surface area contributed by atoms with E-state index >= 15 is 0 Å². The van der Waals surface area contributed by atoms with Gasteiger partial charge in [0.05, 0.1) is 5.25 Å². The number of thioether (sulfide) groups is 1. The van der Waals surface area contributed by atoms with E-state index in [1.807, 2.05) is 18.2 Å². The molecule has 0 aliphatic carbocycles. The van der Waals surface area contributed by atoms with E-state index in [0.29, 0.717) is 19.0 Å². The van der Waals surface area contributed by atoms with E-state index in [-0.39, 0.29) is 11.1 Å². The van der Waals surface area contributed by atoms with Crippen molar-refractivity contribution in [1.82, 2.24) is 19.7 Å². The fourth-order valence-electron chi connectivity index (χ4n) is 3.43. The Balaban J connectivity index is 1.53. The minimum absolute atomic E-state index is 0.0697. The average Bonchev–Trinajstić information content (AvgIpc) is 3.03. The molecule has 1 aromatic carbocycles. The Morgan fingerprint density at radius 3 is 2.43 bits per heavy atom. The van der Waals surface area contributed by atoms with Crippen LogP contribution in [0, 0.1) is 5.92 Å². The molecule has 1 fully saturated rings. The highest BCUT2D eigenvalue weighted by Crippen LogP contribution is 2.31. The Kier molecular flexibility index (Phi) is 6.32. The zero-order valence-electron chi connectivity index (χ0n) is 15.8. The molecule has 0 N–H and O–H groups in total. The molecule has 0 radical (unpaired) electrons. The van der Waals surface area contributed by atoms with Crippen LogP contribution in [-0.2, 0) is 24.4 Å². The van der Waals surface area contributed by atoms with Crippen LogP contribution in [0.3, 0.4) is 0 Å². The molecule has 28 heavy (non-hydrogen) atoms. The number of carbonyl (C=O) groups is 1. The number of amides is 1. The molecule has 0 unspecified atom stereocenters. The van der Waals surface area contributed by atoms with E-state index in [2.05, 4.69) is 22.3 Å². The van der Waals surface area contributed by atoms with Crippen LogP contribution in [-0.4, -0.2) is 43.9 Å². The van der Waals surface area contributed by atoms with Crippen LogP contribution in [0.1, 0.15) is 31.2 Å². The van der Waals surface area contributed by atoms with E-state index in [1.54, 1.807) is 11.8 Å². The van der Waals surface area contributed by atoms with Crippen LogP contribution >= 0.6 is 11.8 Å². The molecule has 1 aliphatic heterocycles. The van der Waals surface area contributed by atoms with Crippen LogP contribution in [0.4, 0.5) is 13.2 Å². The molecule has 1 atom stereocenters. The molecular formula is C19H23F3N4OS. The molecule has 5 nitrogen and oxygen atoms in total. The standard InChI is InChI=1S/C19H23F3N4OS/c1-13(28-18-24-23-17(25(18)2)19(20,21)22)16(27)26-10-8-15(9-11-26)12-14-6-4-3-5-7-14/h3-7,13,15H,8-12H2,1-2H3/t13-/m1/s1. The fourth-order valence-corrected chi connectivity index (χ4v) is 4.33. The Bertz CT molecular complexity index is 801. The van der Waals surface area contributed by atoms with E-state index in [9.17, 15) is 18.0 Å². The van der Waals surface area contributed by atoms with Gasteiger partial charge in [0.25, 0.3) is 0 Å². The molecular weight excluding hydrogens is 389 g/mol. The van der Waals surface area contributed by atoms with Crippen molar-refractivity contribution in [3.63, 3.8) is 0 Å². The number of halogens is 3. The maximum atomic E-state index is 12.8. The van der Waals surface area contributed by atoms with Crippen LogP contribution in [0.25, 0.3) is 0 Å². The Labute approximate surface area is 166 Å². The topological polar surface area (TPSA) is 51.0 Å². The van der Waals surface area contributed by atoms with Gasteiger partial charge in [-0.1, -0.05) is 42.1 Å². The summed E-state index contributed by atoms with van der Waals surface area (Å²) in [5, 5.41) is 6.37. The fraction of sp³-hybridized carbons (Fsp3) is 0.526. The summed E-state index contributed by atoms with van der Waals surface area (Å²) in [6.45, 7) is 3.05. The lowest BCUT2D eigenvalue weighted by Gasteiger charge is -2.33. The number of nitrogens with zero attached hydrogens (tertiary/aromatic N) is 4. The van der Waals surface area contributed by atoms with E-state index in [4.69, 9.17) is 0 Å². The third kappa shape index (κ3) is 4.87. The predicted octanol–water partition coefficient (Wildman–Crippen LogP) is 3.80. The number of carbonyl (C=O) groups excluding carboxylic acids is 1. The van der Waals surface area contributed by atoms with Gasteiger partial charge in [0.2, 0.25) is 11.7 Å². The maximum Gasteiger partial charge on any atom is 0.451 e. The summed E-state index contributed by atoms with van der Waals surface area (Å²) < 4.78 is 39.4. The quantitative estimate of drug-likeness (QED) is 0.701. The number of benzene rings is 1. The SMILES string of the molecule is C[C@@H](Sc1nnc(C(F)(F)F)n1C)C(=O)N1CCC(Cc2ccccc2)CC1. The normalized spacial score (nSPS) is 17.0. The molecule has 0 spiro atoms. The molecule has 1 amide bonds. The summed E-state index contributed by atoms with van der Waals surface area (Å²) in [5.41, 5.74) is 1.30. The minimum atomic E-state index is -4.56. The highest BCUT2D eigenvalue weighted by molar-refractivity contribution is 8.00. The first kappa shape index (κ1) is 20.7. The first-order valence-corrected chi connectivity index (χ1v) is 10.1. The van der Waals surface area contributed by atoms with Crippen LogP contribution in [0.5, 0.6) is 0 Å². The number of alkyl halides is 3. The van der Waals surface area contributed by atoms with Gasteiger partial charge in [0.1, 0.15) is 0 Å². The summed E-state index contributed by atoms with van der Waals surface area (Å²) in [5.74, 6) is -0.585.